The van der Waals surface area contributed by atoms with Crippen molar-refractivity contribution >= 4 is 11.4 Å². The highest BCUT2D eigenvalue weighted by atomic mass is 16.5. The molecular formula is C12H16N4O. The van der Waals surface area contributed by atoms with Crippen molar-refractivity contribution in [2.75, 3.05) is 24.7 Å². The first-order valence-electron chi connectivity index (χ1n) is 5.45. The van der Waals surface area contributed by atoms with Crippen LogP contribution < -0.4 is 15.8 Å². The van der Waals surface area contributed by atoms with Crippen LogP contribution in [0.5, 0.6) is 5.75 Å². The Bertz CT molecular complexity index is 467. The molecule has 0 radical (unpaired) electrons. The van der Waals surface area contributed by atoms with Crippen molar-refractivity contribution in [1.82, 2.24) is 9.97 Å². The summed E-state index contributed by atoms with van der Waals surface area (Å²) in [6, 6.07) is 5.69. The summed E-state index contributed by atoms with van der Waals surface area (Å²) in [5.74, 6) is 0.691. The number of aromatic amines is 1. The maximum absolute atomic E-state index is 5.95. The number of nitrogen functional groups attached to an aromatic ring is 1. The second-order valence-corrected chi connectivity index (χ2v) is 3.68. The number of methoxy groups -OCH3 is 1. The minimum atomic E-state index is 0.639. The van der Waals surface area contributed by atoms with Crippen LogP contribution in [0.2, 0.25) is 0 Å². The van der Waals surface area contributed by atoms with Crippen molar-refractivity contribution in [3.63, 3.8) is 0 Å². The lowest BCUT2D eigenvalue weighted by atomic mass is 10.2. The van der Waals surface area contributed by atoms with E-state index in [2.05, 4.69) is 15.3 Å². The Morgan fingerprint density at radius 2 is 2.35 bits per heavy atom. The number of anilines is 2. The van der Waals surface area contributed by atoms with Crippen LogP contribution in [0.3, 0.4) is 0 Å². The molecule has 0 aliphatic heterocycles. The van der Waals surface area contributed by atoms with Crippen LogP contribution >= 0.6 is 0 Å². The summed E-state index contributed by atoms with van der Waals surface area (Å²) in [5, 5.41) is 3.27. The average Bonchev–Trinajstić information content (AvgIpc) is 2.84. The van der Waals surface area contributed by atoms with Crippen molar-refractivity contribution in [2.45, 2.75) is 6.42 Å². The molecule has 0 amide bonds. The van der Waals surface area contributed by atoms with Gasteiger partial charge in [0.15, 0.2) is 0 Å². The summed E-state index contributed by atoms with van der Waals surface area (Å²) in [4.78, 5) is 7.02. The van der Waals surface area contributed by atoms with Crippen LogP contribution in [0, 0.1) is 0 Å². The van der Waals surface area contributed by atoms with Crippen molar-refractivity contribution < 1.29 is 4.74 Å². The molecule has 90 valence electrons. The molecule has 1 aromatic heterocycles. The number of hydrogen-bond acceptors (Lipinski definition) is 4. The molecule has 1 heterocycles. The lowest BCUT2D eigenvalue weighted by molar-refractivity contribution is 0.417. The molecule has 5 nitrogen and oxygen atoms in total. The summed E-state index contributed by atoms with van der Waals surface area (Å²) >= 11 is 0. The number of nitrogens with two attached hydrogens (primary N) is 1. The number of imidazole rings is 1. The highest BCUT2D eigenvalue weighted by Crippen LogP contribution is 2.28. The largest absolute Gasteiger partial charge is 0.495 e. The van der Waals surface area contributed by atoms with Gasteiger partial charge in [0.25, 0.3) is 0 Å². The van der Waals surface area contributed by atoms with Gasteiger partial charge in [0.05, 0.1) is 24.8 Å². The van der Waals surface area contributed by atoms with Gasteiger partial charge >= 0.3 is 0 Å². The lowest BCUT2D eigenvalue weighted by Crippen LogP contribution is -2.07. The molecule has 0 bridgehead atoms. The van der Waals surface area contributed by atoms with Gasteiger partial charge in [-0.3, -0.25) is 0 Å². The van der Waals surface area contributed by atoms with Gasteiger partial charge in [-0.25, -0.2) is 4.98 Å². The number of para-hydroxylation sites is 1. The third-order valence-electron chi connectivity index (χ3n) is 2.55. The first kappa shape index (κ1) is 11.3. The van der Waals surface area contributed by atoms with Gasteiger partial charge in [0.1, 0.15) is 5.75 Å². The van der Waals surface area contributed by atoms with E-state index in [4.69, 9.17) is 10.5 Å². The topological polar surface area (TPSA) is 76.0 Å². The zero-order chi connectivity index (χ0) is 12.1. The minimum Gasteiger partial charge on any atom is -0.495 e. The zero-order valence-corrected chi connectivity index (χ0v) is 9.73. The molecule has 1 aromatic carbocycles. The van der Waals surface area contributed by atoms with Gasteiger partial charge in [-0.1, -0.05) is 6.07 Å². The second kappa shape index (κ2) is 5.25. The molecule has 0 aliphatic rings. The quantitative estimate of drug-likeness (QED) is 0.685. The van der Waals surface area contributed by atoms with Gasteiger partial charge in [0.2, 0.25) is 0 Å². The van der Waals surface area contributed by atoms with E-state index in [-0.39, 0.29) is 0 Å². The molecule has 0 saturated heterocycles. The number of ether oxygens (including phenoxy) is 1. The number of benzene rings is 1. The summed E-state index contributed by atoms with van der Waals surface area (Å²) < 4.78 is 5.16. The summed E-state index contributed by atoms with van der Waals surface area (Å²) in [5.41, 5.74) is 8.57. The number of H-pyrrole nitrogens is 1. The molecule has 2 aromatic rings. The minimum absolute atomic E-state index is 0.639. The van der Waals surface area contributed by atoms with E-state index in [0.717, 1.165) is 24.3 Å². The number of hydrogen-bond donors (Lipinski definition) is 3. The van der Waals surface area contributed by atoms with Crippen molar-refractivity contribution in [1.29, 1.82) is 0 Å². The van der Waals surface area contributed by atoms with Crippen LogP contribution in [0.1, 0.15) is 5.69 Å². The van der Waals surface area contributed by atoms with Gasteiger partial charge in [-0.15, -0.1) is 0 Å². The Kier molecular flexibility index (Phi) is 3.49. The number of nitrogens with zero attached hydrogens (tertiary/aromatic N) is 1. The fraction of sp³-hybridized carbons (Fsp3) is 0.250. The van der Waals surface area contributed by atoms with E-state index in [1.807, 2.05) is 24.4 Å². The fourth-order valence-corrected chi connectivity index (χ4v) is 1.63. The van der Waals surface area contributed by atoms with Gasteiger partial charge in [-0.2, -0.15) is 0 Å². The zero-order valence-electron chi connectivity index (χ0n) is 9.73. The van der Waals surface area contributed by atoms with Crippen molar-refractivity contribution in [2.24, 2.45) is 0 Å². The molecule has 0 aliphatic carbocycles. The second-order valence-electron chi connectivity index (χ2n) is 3.68. The Morgan fingerprint density at radius 1 is 1.47 bits per heavy atom. The predicted octanol–water partition coefficient (Wildman–Crippen LogP) is 1.66. The first-order chi connectivity index (χ1) is 8.31. The van der Waals surface area contributed by atoms with Gasteiger partial charge in [0, 0.05) is 24.9 Å². The normalized spacial score (nSPS) is 10.2. The molecule has 0 fully saturated rings. The van der Waals surface area contributed by atoms with E-state index in [0.29, 0.717) is 11.4 Å². The van der Waals surface area contributed by atoms with E-state index < -0.39 is 0 Å². The average molecular weight is 232 g/mol. The van der Waals surface area contributed by atoms with Crippen molar-refractivity contribution in [3.05, 3.63) is 36.4 Å². The highest BCUT2D eigenvalue weighted by Gasteiger charge is 2.04. The fourth-order valence-electron chi connectivity index (χ4n) is 1.63. The van der Waals surface area contributed by atoms with E-state index in [9.17, 15) is 0 Å². The predicted molar refractivity (Wildman–Crippen MR) is 68.2 cm³/mol. The van der Waals surface area contributed by atoms with Crippen LogP contribution in [-0.4, -0.2) is 23.6 Å². The molecule has 5 heteroatoms. The van der Waals surface area contributed by atoms with Gasteiger partial charge in [-0.05, 0) is 12.1 Å². The Morgan fingerprint density at radius 3 is 3.06 bits per heavy atom. The molecule has 0 saturated carbocycles. The van der Waals surface area contributed by atoms with Crippen LogP contribution in [0.25, 0.3) is 0 Å². The summed E-state index contributed by atoms with van der Waals surface area (Å²) in [6.07, 6.45) is 4.36. The number of aromatic nitrogens is 2. The van der Waals surface area contributed by atoms with Crippen LogP contribution in [-0.2, 0) is 6.42 Å². The number of rotatable bonds is 5. The molecular weight excluding hydrogens is 216 g/mol. The first-order valence-corrected chi connectivity index (χ1v) is 5.45. The maximum Gasteiger partial charge on any atom is 0.143 e. The van der Waals surface area contributed by atoms with E-state index in [1.165, 1.54) is 0 Å². The Labute approximate surface area is 100 Å². The molecule has 0 spiro atoms. The smallest absolute Gasteiger partial charge is 0.143 e. The highest BCUT2D eigenvalue weighted by molar-refractivity contribution is 5.72. The molecule has 4 N–H and O–H groups in total. The van der Waals surface area contributed by atoms with E-state index >= 15 is 0 Å². The Balaban J connectivity index is 1.95. The maximum atomic E-state index is 5.95. The van der Waals surface area contributed by atoms with E-state index in [1.54, 1.807) is 13.4 Å². The van der Waals surface area contributed by atoms with Crippen LogP contribution in [0.4, 0.5) is 11.4 Å². The molecule has 2 rings (SSSR count). The number of nitrogens with one attached hydrogen (secondary N) is 2. The summed E-state index contributed by atoms with van der Waals surface area (Å²) in [7, 11) is 1.61. The van der Waals surface area contributed by atoms with Crippen molar-refractivity contribution in [3.8, 4) is 5.75 Å². The summed E-state index contributed by atoms with van der Waals surface area (Å²) in [6.45, 7) is 0.791. The SMILES string of the molecule is COc1cccc(NCCc2cnc[nH]2)c1N. The van der Waals surface area contributed by atoms with Crippen LogP contribution in [0.15, 0.2) is 30.7 Å². The third kappa shape index (κ3) is 2.69. The third-order valence-corrected chi connectivity index (χ3v) is 2.55. The molecule has 17 heavy (non-hydrogen) atoms. The molecule has 0 unspecified atom stereocenters. The van der Waals surface area contributed by atoms with Gasteiger partial charge < -0.3 is 20.8 Å². The standard InChI is InChI=1S/C12H16N4O/c1-17-11-4-2-3-10(12(11)13)15-6-5-9-7-14-8-16-9/h2-4,7-8,15H,5-6,13H2,1H3,(H,14,16). The molecule has 0 atom stereocenters. The Hall–Kier alpha value is -2.17. The lowest BCUT2D eigenvalue weighted by Gasteiger charge is -2.11. The monoisotopic (exact) mass is 232 g/mol.